The van der Waals surface area contributed by atoms with Crippen LogP contribution in [0.15, 0.2) is 18.2 Å². The third kappa shape index (κ3) is 4.11. The van der Waals surface area contributed by atoms with Crippen LogP contribution in [0.4, 0.5) is 0 Å². The summed E-state index contributed by atoms with van der Waals surface area (Å²) in [6.45, 7) is 2.12. The summed E-state index contributed by atoms with van der Waals surface area (Å²) in [5.41, 5.74) is 1.03. The van der Waals surface area contributed by atoms with Crippen molar-refractivity contribution < 1.29 is 9.90 Å². The van der Waals surface area contributed by atoms with E-state index in [9.17, 15) is 4.79 Å². The van der Waals surface area contributed by atoms with Crippen molar-refractivity contribution in [2.45, 2.75) is 38.1 Å². The highest BCUT2D eigenvalue weighted by atomic mass is 35.5. The third-order valence-electron chi connectivity index (χ3n) is 3.62. The molecule has 0 radical (unpaired) electrons. The Kier molecular flexibility index (Phi) is 5.30. The molecule has 110 valence electrons. The van der Waals surface area contributed by atoms with E-state index in [1.54, 1.807) is 6.07 Å². The van der Waals surface area contributed by atoms with Crippen molar-refractivity contribution in [2.24, 2.45) is 5.92 Å². The molecule has 0 heterocycles. The lowest BCUT2D eigenvalue weighted by Gasteiger charge is -2.13. The molecule has 0 aromatic heterocycles. The second-order valence-corrected chi connectivity index (χ2v) is 6.30. The normalized spacial score (nSPS) is 22.4. The number of halogens is 2. The molecular formula is C15H19Cl2NO2. The van der Waals surface area contributed by atoms with Crippen LogP contribution >= 0.6 is 23.2 Å². The fraction of sp³-hybridized carbons (Fsp3) is 0.533. The number of nitrogens with one attached hydrogen (secondary N) is 1. The SMILES string of the molecule is CC(CCCO)NC(=O)C1CC1c1cc(Cl)cc(Cl)c1. The van der Waals surface area contributed by atoms with Crippen LogP contribution in [-0.4, -0.2) is 23.7 Å². The summed E-state index contributed by atoms with van der Waals surface area (Å²) < 4.78 is 0. The number of amides is 1. The van der Waals surface area contributed by atoms with Gasteiger partial charge in [-0.3, -0.25) is 4.79 Å². The maximum Gasteiger partial charge on any atom is 0.223 e. The minimum atomic E-state index is 0.0149. The molecule has 5 heteroatoms. The van der Waals surface area contributed by atoms with E-state index in [-0.39, 0.29) is 30.4 Å². The second kappa shape index (κ2) is 6.79. The Hall–Kier alpha value is -0.770. The molecule has 1 fully saturated rings. The molecule has 3 atom stereocenters. The first-order valence-corrected chi connectivity index (χ1v) is 7.64. The zero-order valence-electron chi connectivity index (χ0n) is 11.4. The molecule has 1 aromatic carbocycles. The van der Waals surface area contributed by atoms with Crippen LogP contribution in [0.3, 0.4) is 0 Å². The number of aliphatic hydroxyl groups is 1. The van der Waals surface area contributed by atoms with Gasteiger partial charge >= 0.3 is 0 Å². The zero-order valence-corrected chi connectivity index (χ0v) is 12.9. The van der Waals surface area contributed by atoms with Crippen molar-refractivity contribution >= 4 is 29.1 Å². The first kappa shape index (κ1) is 15.6. The molecular weight excluding hydrogens is 297 g/mol. The van der Waals surface area contributed by atoms with Crippen LogP contribution < -0.4 is 5.32 Å². The molecule has 0 aliphatic heterocycles. The Morgan fingerprint density at radius 1 is 1.40 bits per heavy atom. The Morgan fingerprint density at radius 2 is 2.05 bits per heavy atom. The van der Waals surface area contributed by atoms with Crippen LogP contribution in [-0.2, 0) is 4.79 Å². The molecule has 1 saturated carbocycles. The number of carbonyl (C=O) groups excluding carboxylic acids is 1. The molecule has 1 aliphatic rings. The van der Waals surface area contributed by atoms with Crippen LogP contribution in [0.2, 0.25) is 10.0 Å². The van der Waals surface area contributed by atoms with Crippen molar-refractivity contribution in [3.8, 4) is 0 Å². The quantitative estimate of drug-likeness (QED) is 0.845. The van der Waals surface area contributed by atoms with Gasteiger partial charge in [0.05, 0.1) is 0 Å². The predicted molar refractivity (Wildman–Crippen MR) is 81.2 cm³/mol. The van der Waals surface area contributed by atoms with E-state index in [1.165, 1.54) is 0 Å². The van der Waals surface area contributed by atoms with E-state index in [0.29, 0.717) is 16.5 Å². The maximum absolute atomic E-state index is 12.1. The van der Waals surface area contributed by atoms with E-state index in [1.807, 2.05) is 19.1 Å². The molecule has 3 unspecified atom stereocenters. The van der Waals surface area contributed by atoms with Gasteiger partial charge in [-0.05, 0) is 55.9 Å². The van der Waals surface area contributed by atoms with E-state index >= 15 is 0 Å². The number of benzene rings is 1. The zero-order chi connectivity index (χ0) is 14.7. The summed E-state index contributed by atoms with van der Waals surface area (Å²) in [7, 11) is 0. The largest absolute Gasteiger partial charge is 0.396 e. The Balaban J connectivity index is 1.89. The minimum absolute atomic E-state index is 0.0149. The van der Waals surface area contributed by atoms with E-state index in [4.69, 9.17) is 28.3 Å². The first-order valence-electron chi connectivity index (χ1n) is 6.88. The number of hydrogen-bond donors (Lipinski definition) is 2. The Labute approximate surface area is 129 Å². The fourth-order valence-electron chi connectivity index (χ4n) is 2.46. The minimum Gasteiger partial charge on any atom is -0.396 e. The van der Waals surface area contributed by atoms with E-state index in [0.717, 1.165) is 18.4 Å². The Bertz CT molecular complexity index is 473. The van der Waals surface area contributed by atoms with Gasteiger partial charge in [-0.25, -0.2) is 0 Å². The van der Waals surface area contributed by atoms with Gasteiger partial charge in [-0.2, -0.15) is 0 Å². The lowest BCUT2D eigenvalue weighted by molar-refractivity contribution is -0.123. The summed E-state index contributed by atoms with van der Waals surface area (Å²) in [6, 6.07) is 5.54. The van der Waals surface area contributed by atoms with Crippen LogP contribution in [0.1, 0.15) is 37.7 Å². The van der Waals surface area contributed by atoms with Crippen molar-refractivity contribution in [1.29, 1.82) is 0 Å². The highest BCUT2D eigenvalue weighted by molar-refractivity contribution is 6.34. The van der Waals surface area contributed by atoms with Gasteiger partial charge in [-0.1, -0.05) is 23.2 Å². The monoisotopic (exact) mass is 315 g/mol. The standard InChI is InChI=1S/C15H19Cl2NO2/c1-9(3-2-4-19)18-15(20)14-8-13(14)10-5-11(16)7-12(17)6-10/h5-7,9,13-14,19H,2-4,8H2,1H3,(H,18,20). The topological polar surface area (TPSA) is 49.3 Å². The van der Waals surface area contributed by atoms with Gasteiger partial charge < -0.3 is 10.4 Å². The van der Waals surface area contributed by atoms with Gasteiger partial charge in [0.15, 0.2) is 0 Å². The molecule has 0 spiro atoms. The average Bonchev–Trinajstić information content (AvgIpc) is 3.15. The van der Waals surface area contributed by atoms with Crippen molar-refractivity contribution in [3.05, 3.63) is 33.8 Å². The summed E-state index contributed by atoms with van der Waals surface area (Å²) in [6.07, 6.45) is 2.34. The third-order valence-corrected chi connectivity index (χ3v) is 4.06. The van der Waals surface area contributed by atoms with Gasteiger partial charge in [0.25, 0.3) is 0 Å². The molecule has 1 aliphatic carbocycles. The van der Waals surface area contributed by atoms with Crippen molar-refractivity contribution in [3.63, 3.8) is 0 Å². The van der Waals surface area contributed by atoms with Gasteiger partial charge in [0, 0.05) is 28.6 Å². The molecule has 20 heavy (non-hydrogen) atoms. The van der Waals surface area contributed by atoms with Gasteiger partial charge in [0.2, 0.25) is 5.91 Å². The second-order valence-electron chi connectivity index (χ2n) is 5.43. The molecule has 0 saturated heterocycles. The summed E-state index contributed by atoms with van der Waals surface area (Å²) in [4.78, 5) is 12.1. The van der Waals surface area contributed by atoms with Crippen LogP contribution in [0, 0.1) is 5.92 Å². The number of aliphatic hydroxyl groups excluding tert-OH is 1. The van der Waals surface area contributed by atoms with Gasteiger partial charge in [-0.15, -0.1) is 0 Å². The molecule has 1 amide bonds. The van der Waals surface area contributed by atoms with E-state index < -0.39 is 0 Å². The molecule has 3 nitrogen and oxygen atoms in total. The predicted octanol–water partition coefficient (Wildman–Crippen LogP) is 3.37. The number of carbonyl (C=O) groups is 1. The van der Waals surface area contributed by atoms with E-state index in [2.05, 4.69) is 5.32 Å². The van der Waals surface area contributed by atoms with Crippen molar-refractivity contribution in [1.82, 2.24) is 5.32 Å². The lowest BCUT2D eigenvalue weighted by Crippen LogP contribution is -2.34. The highest BCUT2D eigenvalue weighted by Crippen LogP contribution is 2.48. The first-order chi connectivity index (χ1) is 9.51. The number of rotatable bonds is 6. The summed E-state index contributed by atoms with van der Waals surface area (Å²) in [5.74, 6) is 0.314. The molecule has 2 N–H and O–H groups in total. The lowest BCUT2D eigenvalue weighted by atomic mass is 10.1. The van der Waals surface area contributed by atoms with Crippen LogP contribution in [0.25, 0.3) is 0 Å². The Morgan fingerprint density at radius 3 is 2.65 bits per heavy atom. The molecule has 2 rings (SSSR count). The smallest absolute Gasteiger partial charge is 0.223 e. The van der Waals surface area contributed by atoms with Gasteiger partial charge in [0.1, 0.15) is 0 Å². The number of hydrogen-bond acceptors (Lipinski definition) is 2. The summed E-state index contributed by atoms with van der Waals surface area (Å²) >= 11 is 12.0. The summed E-state index contributed by atoms with van der Waals surface area (Å²) in [5, 5.41) is 13.0. The maximum atomic E-state index is 12.1. The molecule has 1 aromatic rings. The fourth-order valence-corrected chi connectivity index (χ4v) is 3.00. The highest BCUT2D eigenvalue weighted by Gasteiger charge is 2.44. The van der Waals surface area contributed by atoms with Crippen LogP contribution in [0.5, 0.6) is 0 Å². The molecule has 0 bridgehead atoms. The average molecular weight is 316 g/mol. The van der Waals surface area contributed by atoms with Crippen molar-refractivity contribution in [2.75, 3.05) is 6.61 Å².